The number of unbranched alkanes of at least 4 members (excludes halogenated alkanes) is 1. The summed E-state index contributed by atoms with van der Waals surface area (Å²) in [6.45, 7) is 5.38. The number of carbonyl (C=O) groups is 2. The van der Waals surface area contributed by atoms with Crippen LogP contribution in [-0.2, 0) is 38.0 Å². The second-order valence-corrected chi connectivity index (χ2v) is 5.67. The van der Waals surface area contributed by atoms with Gasteiger partial charge in [0.1, 0.15) is 6.61 Å². The first-order valence-electron chi connectivity index (χ1n) is 9.63. The van der Waals surface area contributed by atoms with Crippen LogP contribution in [0.3, 0.4) is 0 Å². The number of carboxylic acids is 1. The molecule has 0 bridgehead atoms. The van der Waals surface area contributed by atoms with Gasteiger partial charge in [0.05, 0.1) is 66.1 Å². The molecule has 10 nitrogen and oxygen atoms in total. The van der Waals surface area contributed by atoms with E-state index >= 15 is 0 Å². The van der Waals surface area contributed by atoms with Crippen LogP contribution >= 0.6 is 0 Å². The molecule has 0 atom stereocenters. The Balaban J connectivity index is 3.11. The number of esters is 1. The van der Waals surface area contributed by atoms with Crippen molar-refractivity contribution in [3.05, 3.63) is 0 Å². The van der Waals surface area contributed by atoms with E-state index in [9.17, 15) is 9.59 Å². The van der Waals surface area contributed by atoms with Gasteiger partial charge in [-0.15, -0.1) is 0 Å². The van der Waals surface area contributed by atoms with Crippen molar-refractivity contribution in [2.24, 2.45) is 5.73 Å². The van der Waals surface area contributed by atoms with E-state index in [4.69, 9.17) is 39.3 Å². The van der Waals surface area contributed by atoms with Gasteiger partial charge in [-0.25, -0.2) is 0 Å². The van der Waals surface area contributed by atoms with Crippen LogP contribution in [0.25, 0.3) is 0 Å². The van der Waals surface area contributed by atoms with E-state index in [2.05, 4.69) is 0 Å². The average Bonchev–Trinajstić information content (AvgIpc) is 2.67. The second kappa shape index (κ2) is 22.0. The predicted octanol–water partition coefficient (Wildman–Crippen LogP) is 0.216. The molecule has 0 amide bonds. The van der Waals surface area contributed by atoms with Gasteiger partial charge in [0, 0.05) is 19.4 Å². The molecule has 0 saturated carbocycles. The van der Waals surface area contributed by atoms with Gasteiger partial charge in [-0.3, -0.25) is 9.59 Å². The van der Waals surface area contributed by atoms with Crippen molar-refractivity contribution in [1.82, 2.24) is 0 Å². The number of nitrogens with two attached hydrogens (primary N) is 1. The quantitative estimate of drug-likeness (QED) is 0.189. The maximum atomic E-state index is 11.4. The van der Waals surface area contributed by atoms with Crippen LogP contribution in [0.1, 0.15) is 25.7 Å². The Morgan fingerprint density at radius 1 is 0.607 bits per heavy atom. The highest BCUT2D eigenvalue weighted by Gasteiger charge is 2.04. The van der Waals surface area contributed by atoms with Crippen molar-refractivity contribution in [1.29, 1.82) is 0 Å². The van der Waals surface area contributed by atoms with Crippen molar-refractivity contribution >= 4 is 11.9 Å². The molecule has 0 spiro atoms. The monoisotopic (exact) mass is 409 g/mol. The maximum Gasteiger partial charge on any atom is 0.305 e. The first kappa shape index (κ1) is 26.7. The number of carbonyl (C=O) groups excluding carboxylic acids is 1. The van der Waals surface area contributed by atoms with Gasteiger partial charge in [0.15, 0.2) is 0 Å². The van der Waals surface area contributed by atoms with Crippen molar-refractivity contribution in [2.45, 2.75) is 25.7 Å². The summed E-state index contributed by atoms with van der Waals surface area (Å²) < 4.78 is 31.4. The van der Waals surface area contributed by atoms with Crippen molar-refractivity contribution in [3.63, 3.8) is 0 Å². The standard InChI is InChI=1S/C18H35NO9/c19-5-6-23-7-8-24-9-10-25-11-12-26-13-14-27-15-16-28-18(22)4-2-1-3-17(20)21/h1-16,19H2,(H,20,21). The van der Waals surface area contributed by atoms with Crippen LogP contribution in [0.2, 0.25) is 0 Å². The minimum absolute atomic E-state index is 0.0697. The number of rotatable bonds is 22. The second-order valence-electron chi connectivity index (χ2n) is 5.67. The Bertz CT molecular complexity index is 369. The van der Waals surface area contributed by atoms with Crippen molar-refractivity contribution in [2.75, 3.05) is 79.2 Å². The average molecular weight is 409 g/mol. The largest absolute Gasteiger partial charge is 0.481 e. The molecule has 0 fully saturated rings. The molecular formula is C18H35NO9. The molecule has 0 aromatic rings. The van der Waals surface area contributed by atoms with Crippen molar-refractivity contribution in [3.8, 4) is 0 Å². The minimum atomic E-state index is -0.857. The van der Waals surface area contributed by atoms with Crippen LogP contribution in [0.5, 0.6) is 0 Å². The molecular weight excluding hydrogens is 374 g/mol. The zero-order valence-electron chi connectivity index (χ0n) is 16.6. The first-order valence-corrected chi connectivity index (χ1v) is 9.63. The molecule has 28 heavy (non-hydrogen) atoms. The van der Waals surface area contributed by atoms with E-state index in [1.165, 1.54) is 0 Å². The molecule has 0 unspecified atom stereocenters. The molecule has 0 aliphatic carbocycles. The summed E-state index contributed by atoms with van der Waals surface area (Å²) in [5.41, 5.74) is 5.29. The number of ether oxygens (including phenoxy) is 6. The Labute approximate surface area is 166 Å². The van der Waals surface area contributed by atoms with Gasteiger partial charge in [0.25, 0.3) is 0 Å². The van der Waals surface area contributed by atoms with Crippen LogP contribution in [-0.4, -0.2) is 96.3 Å². The maximum absolute atomic E-state index is 11.4. The summed E-state index contributed by atoms with van der Waals surface area (Å²) in [6.07, 6.45) is 1.28. The van der Waals surface area contributed by atoms with Gasteiger partial charge in [-0.2, -0.15) is 0 Å². The SMILES string of the molecule is NCCOCCOCCOCCOCCOCCOC(=O)CCCCC(=O)O. The molecule has 0 saturated heterocycles. The summed E-state index contributed by atoms with van der Waals surface area (Å²) in [5.74, 6) is -1.20. The lowest BCUT2D eigenvalue weighted by molar-refractivity contribution is -0.146. The minimum Gasteiger partial charge on any atom is -0.481 e. The van der Waals surface area contributed by atoms with Crippen LogP contribution in [0.15, 0.2) is 0 Å². The Hall–Kier alpha value is -1.30. The predicted molar refractivity (Wildman–Crippen MR) is 100 cm³/mol. The van der Waals surface area contributed by atoms with Gasteiger partial charge in [0.2, 0.25) is 0 Å². The van der Waals surface area contributed by atoms with Crippen LogP contribution < -0.4 is 5.73 Å². The molecule has 166 valence electrons. The van der Waals surface area contributed by atoms with Gasteiger partial charge in [-0.05, 0) is 12.8 Å². The molecule has 0 aromatic heterocycles. The lowest BCUT2D eigenvalue weighted by Gasteiger charge is -2.08. The highest BCUT2D eigenvalue weighted by molar-refractivity contribution is 5.69. The van der Waals surface area contributed by atoms with Crippen LogP contribution in [0.4, 0.5) is 0 Å². The van der Waals surface area contributed by atoms with E-state index in [0.29, 0.717) is 85.5 Å². The van der Waals surface area contributed by atoms with Gasteiger partial charge in [-0.1, -0.05) is 0 Å². The summed E-state index contributed by atoms with van der Waals surface area (Å²) >= 11 is 0. The molecule has 0 rings (SSSR count). The normalized spacial score (nSPS) is 10.9. The first-order chi connectivity index (χ1) is 13.7. The van der Waals surface area contributed by atoms with E-state index in [-0.39, 0.29) is 25.4 Å². The summed E-state index contributed by atoms with van der Waals surface area (Å²) in [4.78, 5) is 21.7. The Morgan fingerprint density at radius 2 is 1.00 bits per heavy atom. The molecule has 0 aliphatic heterocycles. The molecule has 0 radical (unpaired) electrons. The third-order valence-electron chi connectivity index (χ3n) is 3.26. The van der Waals surface area contributed by atoms with E-state index in [0.717, 1.165) is 0 Å². The summed E-state index contributed by atoms with van der Waals surface area (Å²) in [5, 5.41) is 8.48. The Kier molecular flexibility index (Phi) is 21.0. The van der Waals surface area contributed by atoms with Crippen molar-refractivity contribution < 1.29 is 43.1 Å². The van der Waals surface area contributed by atoms with Gasteiger partial charge < -0.3 is 39.3 Å². The lowest BCUT2D eigenvalue weighted by Crippen LogP contribution is -2.15. The lowest BCUT2D eigenvalue weighted by atomic mass is 10.2. The fourth-order valence-corrected chi connectivity index (χ4v) is 1.90. The highest BCUT2D eigenvalue weighted by Crippen LogP contribution is 2.01. The highest BCUT2D eigenvalue weighted by atomic mass is 16.6. The fraction of sp³-hybridized carbons (Fsp3) is 0.889. The van der Waals surface area contributed by atoms with E-state index in [1.807, 2.05) is 0 Å². The smallest absolute Gasteiger partial charge is 0.305 e. The zero-order chi connectivity index (χ0) is 20.7. The van der Waals surface area contributed by atoms with Gasteiger partial charge >= 0.3 is 11.9 Å². The third-order valence-corrected chi connectivity index (χ3v) is 3.26. The summed E-state index contributed by atoms with van der Waals surface area (Å²) in [7, 11) is 0. The third kappa shape index (κ3) is 22.7. The molecule has 3 N–H and O–H groups in total. The number of aliphatic carboxylic acids is 1. The van der Waals surface area contributed by atoms with E-state index < -0.39 is 5.97 Å². The number of carboxylic acid groups (broad SMARTS) is 1. The van der Waals surface area contributed by atoms with E-state index in [1.54, 1.807) is 0 Å². The van der Waals surface area contributed by atoms with Crippen LogP contribution in [0, 0.1) is 0 Å². The Morgan fingerprint density at radius 3 is 1.43 bits per heavy atom. The zero-order valence-corrected chi connectivity index (χ0v) is 16.6. The topological polar surface area (TPSA) is 136 Å². The molecule has 0 aromatic carbocycles. The molecule has 10 heteroatoms. The summed E-state index contributed by atoms with van der Waals surface area (Å²) in [6, 6.07) is 0. The number of hydrogen-bond acceptors (Lipinski definition) is 9. The number of hydrogen-bond donors (Lipinski definition) is 2. The molecule has 0 heterocycles. The fourth-order valence-electron chi connectivity index (χ4n) is 1.90. The molecule has 0 aliphatic rings.